The zero-order valence-corrected chi connectivity index (χ0v) is 15.2. The Bertz CT molecular complexity index is 696. The van der Waals surface area contributed by atoms with Gasteiger partial charge < -0.3 is 24.9 Å². The molecule has 0 atom stereocenters. The average molecular weight is 363 g/mol. The van der Waals surface area contributed by atoms with Crippen molar-refractivity contribution in [3.63, 3.8) is 0 Å². The first kappa shape index (κ1) is 18.6. The highest BCUT2D eigenvalue weighted by molar-refractivity contribution is 5.84. The molecule has 0 unspecified atom stereocenters. The molecule has 1 aromatic rings. The molecular formula is C18H25N3O5. The molecule has 0 aromatic carbocycles. The first-order valence-electron chi connectivity index (χ1n) is 9.09. The lowest BCUT2D eigenvalue weighted by atomic mass is 10.0. The number of anilines is 1. The molecule has 26 heavy (non-hydrogen) atoms. The number of nitrogens with zero attached hydrogens (tertiary/aromatic N) is 3. The number of ether oxygens (including phenoxy) is 1. The summed E-state index contributed by atoms with van der Waals surface area (Å²) in [7, 11) is 0. The van der Waals surface area contributed by atoms with Gasteiger partial charge in [0, 0.05) is 25.8 Å². The van der Waals surface area contributed by atoms with Crippen LogP contribution in [-0.4, -0.2) is 46.8 Å². The standard InChI is InChI=1S/C18H25N3O5/c1-12(2)11-20(13-5-9-26-10-6-13)14-3-4-15(19-16(14)21(24)25)18(7-8-18)17(22)23/h3-4,12-13H,5-11H2,1-2H3,(H,22,23). The Hall–Kier alpha value is -2.22. The SMILES string of the molecule is CC(C)CN(c1ccc(C2(C(=O)O)CC2)nc1[N+](=O)[O-])C1CCOCC1. The lowest BCUT2D eigenvalue weighted by Gasteiger charge is -2.36. The van der Waals surface area contributed by atoms with Crippen molar-refractivity contribution in [1.29, 1.82) is 0 Å². The van der Waals surface area contributed by atoms with Gasteiger partial charge in [0.15, 0.2) is 5.69 Å². The first-order valence-corrected chi connectivity index (χ1v) is 9.09. The van der Waals surface area contributed by atoms with Crippen LogP contribution < -0.4 is 4.90 Å². The van der Waals surface area contributed by atoms with Crippen molar-refractivity contribution in [2.45, 2.75) is 51.0 Å². The van der Waals surface area contributed by atoms with Gasteiger partial charge in [0.2, 0.25) is 0 Å². The molecule has 1 aliphatic carbocycles. The molecule has 1 aromatic heterocycles. The van der Waals surface area contributed by atoms with Crippen LogP contribution in [0.1, 0.15) is 45.2 Å². The summed E-state index contributed by atoms with van der Waals surface area (Å²) in [6.45, 7) is 6.10. The highest BCUT2D eigenvalue weighted by Gasteiger charge is 2.56. The number of aliphatic carboxylic acids is 1. The van der Waals surface area contributed by atoms with E-state index in [-0.39, 0.29) is 17.6 Å². The molecule has 1 saturated heterocycles. The van der Waals surface area contributed by atoms with E-state index in [4.69, 9.17) is 4.74 Å². The summed E-state index contributed by atoms with van der Waals surface area (Å²) in [6.07, 6.45) is 2.57. The van der Waals surface area contributed by atoms with Gasteiger partial charge in [-0.3, -0.25) is 4.79 Å². The van der Waals surface area contributed by atoms with Gasteiger partial charge in [-0.15, -0.1) is 0 Å². The maximum absolute atomic E-state index is 11.7. The Balaban J connectivity index is 2.00. The zero-order valence-electron chi connectivity index (χ0n) is 15.2. The number of carboxylic acids is 1. The maximum atomic E-state index is 11.7. The van der Waals surface area contributed by atoms with Crippen molar-refractivity contribution in [2.75, 3.05) is 24.7 Å². The molecule has 0 amide bonds. The van der Waals surface area contributed by atoms with E-state index < -0.39 is 16.3 Å². The summed E-state index contributed by atoms with van der Waals surface area (Å²) < 4.78 is 5.43. The fraction of sp³-hybridized carbons (Fsp3) is 0.667. The van der Waals surface area contributed by atoms with Crippen LogP contribution in [0, 0.1) is 16.0 Å². The van der Waals surface area contributed by atoms with Crippen LogP contribution in [0.15, 0.2) is 12.1 Å². The molecule has 0 bridgehead atoms. The second kappa shape index (κ2) is 7.19. The van der Waals surface area contributed by atoms with Crippen LogP contribution in [0.25, 0.3) is 0 Å². The number of carboxylic acid groups (broad SMARTS) is 1. The number of rotatable bonds is 7. The molecular weight excluding hydrogens is 338 g/mol. The average Bonchev–Trinajstić information content (AvgIpc) is 3.42. The van der Waals surface area contributed by atoms with Crippen LogP contribution in [0.5, 0.6) is 0 Å². The predicted octanol–water partition coefficient (Wildman–Crippen LogP) is 2.75. The molecule has 0 radical (unpaired) electrons. The van der Waals surface area contributed by atoms with Crippen molar-refractivity contribution in [1.82, 2.24) is 4.98 Å². The van der Waals surface area contributed by atoms with E-state index in [1.165, 1.54) is 0 Å². The van der Waals surface area contributed by atoms with Crippen molar-refractivity contribution in [3.05, 3.63) is 27.9 Å². The number of nitro groups is 1. The van der Waals surface area contributed by atoms with E-state index in [9.17, 15) is 20.0 Å². The Kier molecular flexibility index (Phi) is 5.13. The summed E-state index contributed by atoms with van der Waals surface area (Å²) in [5.41, 5.74) is -0.289. The van der Waals surface area contributed by atoms with Crippen LogP contribution in [0.4, 0.5) is 11.5 Å². The van der Waals surface area contributed by atoms with E-state index in [2.05, 4.69) is 23.7 Å². The molecule has 0 spiro atoms. The largest absolute Gasteiger partial charge is 0.480 e. The van der Waals surface area contributed by atoms with Gasteiger partial charge in [-0.2, -0.15) is 0 Å². The Morgan fingerprint density at radius 1 is 1.42 bits per heavy atom. The van der Waals surface area contributed by atoms with Gasteiger partial charge in [0.25, 0.3) is 0 Å². The molecule has 1 N–H and O–H groups in total. The van der Waals surface area contributed by atoms with E-state index in [1.807, 2.05) is 0 Å². The maximum Gasteiger partial charge on any atom is 0.387 e. The highest BCUT2D eigenvalue weighted by Crippen LogP contribution is 2.48. The van der Waals surface area contributed by atoms with Crippen molar-refractivity contribution >= 4 is 17.5 Å². The van der Waals surface area contributed by atoms with Gasteiger partial charge in [-0.05, 0) is 53.6 Å². The molecule has 3 rings (SSSR count). The summed E-state index contributed by atoms with van der Waals surface area (Å²) in [4.78, 5) is 29.0. The molecule has 1 aliphatic heterocycles. The zero-order chi connectivity index (χ0) is 18.9. The monoisotopic (exact) mass is 363 g/mol. The second-order valence-corrected chi connectivity index (χ2v) is 7.57. The third-order valence-electron chi connectivity index (χ3n) is 5.18. The predicted molar refractivity (Wildman–Crippen MR) is 95.5 cm³/mol. The smallest absolute Gasteiger partial charge is 0.387 e. The minimum atomic E-state index is -1.05. The molecule has 2 aliphatic rings. The fourth-order valence-corrected chi connectivity index (χ4v) is 3.60. The molecule has 2 fully saturated rings. The summed E-state index contributed by atoms with van der Waals surface area (Å²) in [5.74, 6) is -0.886. The van der Waals surface area contributed by atoms with Gasteiger partial charge in [0.1, 0.15) is 11.1 Å². The van der Waals surface area contributed by atoms with Crippen LogP contribution in [-0.2, 0) is 14.9 Å². The highest BCUT2D eigenvalue weighted by atomic mass is 16.6. The Labute approximate surface area is 152 Å². The molecule has 1 saturated carbocycles. The van der Waals surface area contributed by atoms with E-state index in [1.54, 1.807) is 12.1 Å². The number of carbonyl (C=O) groups is 1. The van der Waals surface area contributed by atoms with E-state index in [0.29, 0.717) is 44.2 Å². The number of hydrogen-bond donors (Lipinski definition) is 1. The number of pyridine rings is 1. The third kappa shape index (κ3) is 3.51. The van der Waals surface area contributed by atoms with Crippen LogP contribution in [0.2, 0.25) is 0 Å². The summed E-state index contributed by atoms with van der Waals surface area (Å²) in [6, 6.07) is 3.49. The lowest BCUT2D eigenvalue weighted by molar-refractivity contribution is -0.388. The van der Waals surface area contributed by atoms with Gasteiger partial charge in [0.05, 0.1) is 0 Å². The molecule has 2 heterocycles. The second-order valence-electron chi connectivity index (χ2n) is 7.57. The van der Waals surface area contributed by atoms with Crippen LogP contribution in [0.3, 0.4) is 0 Å². The minimum Gasteiger partial charge on any atom is -0.480 e. The van der Waals surface area contributed by atoms with Gasteiger partial charge in [-0.25, -0.2) is 0 Å². The summed E-state index contributed by atoms with van der Waals surface area (Å²) in [5, 5.41) is 21.2. The quantitative estimate of drug-likeness (QED) is 0.586. The molecule has 142 valence electrons. The van der Waals surface area contributed by atoms with Crippen molar-refractivity contribution in [3.8, 4) is 0 Å². The first-order chi connectivity index (χ1) is 12.3. The number of aromatic nitrogens is 1. The van der Waals surface area contributed by atoms with Crippen LogP contribution >= 0.6 is 0 Å². The summed E-state index contributed by atoms with van der Waals surface area (Å²) >= 11 is 0. The lowest BCUT2D eigenvalue weighted by Crippen LogP contribution is -2.42. The normalized spacial score (nSPS) is 19.3. The minimum absolute atomic E-state index is 0.159. The van der Waals surface area contributed by atoms with E-state index in [0.717, 1.165) is 12.8 Å². The van der Waals surface area contributed by atoms with Gasteiger partial charge in [-0.1, -0.05) is 13.8 Å². The fourth-order valence-electron chi connectivity index (χ4n) is 3.60. The Morgan fingerprint density at radius 2 is 2.08 bits per heavy atom. The van der Waals surface area contributed by atoms with Gasteiger partial charge >= 0.3 is 11.8 Å². The van der Waals surface area contributed by atoms with Crippen molar-refractivity contribution < 1.29 is 19.6 Å². The Morgan fingerprint density at radius 3 is 2.58 bits per heavy atom. The topological polar surface area (TPSA) is 106 Å². The number of hydrogen-bond acceptors (Lipinski definition) is 6. The molecule has 8 nitrogen and oxygen atoms in total. The van der Waals surface area contributed by atoms with E-state index >= 15 is 0 Å². The third-order valence-corrected chi connectivity index (χ3v) is 5.18. The van der Waals surface area contributed by atoms with Crippen molar-refractivity contribution in [2.24, 2.45) is 5.92 Å². The molecule has 8 heteroatoms.